The van der Waals surface area contributed by atoms with Crippen molar-refractivity contribution in [2.75, 3.05) is 0 Å². The zero-order valence-electron chi connectivity index (χ0n) is 26.9. The molecular formula is C28F32Te2. The second-order valence-electron chi connectivity index (χ2n) is 10.8. The summed E-state index contributed by atoms with van der Waals surface area (Å²) in [6.45, 7) is 0. The third-order valence-corrected chi connectivity index (χ3v) is 17.0. The second kappa shape index (κ2) is 16.7. The van der Waals surface area contributed by atoms with Gasteiger partial charge in [0.2, 0.25) is 0 Å². The van der Waals surface area contributed by atoms with Crippen LogP contribution in [-0.2, 0) is 24.7 Å². The molecule has 0 radical (unpaired) electrons. The topological polar surface area (TPSA) is 0 Å². The van der Waals surface area contributed by atoms with Crippen molar-refractivity contribution in [3.05, 3.63) is 115 Å². The Labute approximate surface area is 327 Å². The average molecular weight is 1200 g/mol. The Kier molecular flexibility index (Phi) is 14.1. The molecule has 0 aliphatic heterocycles. The van der Waals surface area contributed by atoms with Crippen LogP contribution in [0.4, 0.5) is 134 Å². The van der Waals surface area contributed by atoms with Crippen LogP contribution in [0.25, 0.3) is 0 Å². The molecular weight excluding hydrogens is 1200 g/mol. The minimum absolute atomic E-state index is 3.30. The Morgan fingerprint density at radius 3 is 0.371 bits per heavy atom. The van der Waals surface area contributed by atoms with E-state index in [1.54, 1.807) is 0 Å². The molecule has 62 heavy (non-hydrogen) atoms. The molecule has 0 atom stereocenters. The number of hydrogen-bond donors (Lipinski definition) is 0. The number of rotatable bonds is 4. The van der Waals surface area contributed by atoms with E-state index in [1.165, 1.54) is 0 Å². The van der Waals surface area contributed by atoms with E-state index in [9.17, 15) is 134 Å². The minimum atomic E-state index is -8.81. The maximum absolute atomic E-state index is 14.5. The molecule has 4 rings (SSSR count). The first-order valence-electron chi connectivity index (χ1n) is 13.7. The molecule has 0 saturated carbocycles. The van der Waals surface area contributed by atoms with Crippen LogP contribution in [0.15, 0.2) is 0 Å². The quantitative estimate of drug-likeness (QED) is 0.109. The number of alkyl halides is 12. The molecule has 0 saturated heterocycles. The molecule has 0 spiro atoms. The third-order valence-electron chi connectivity index (χ3n) is 7.05. The molecule has 0 fully saturated rings. The summed E-state index contributed by atoms with van der Waals surface area (Å²) in [5.41, 5.74) is -13.4. The van der Waals surface area contributed by atoms with Crippen LogP contribution < -0.4 is 14.4 Å². The van der Waals surface area contributed by atoms with Crippen molar-refractivity contribution in [3.8, 4) is 0 Å². The van der Waals surface area contributed by atoms with E-state index in [-0.39, 0.29) is 0 Å². The number of benzene rings is 4. The van der Waals surface area contributed by atoms with Crippen molar-refractivity contribution in [3.63, 3.8) is 0 Å². The molecule has 34 heteroatoms. The van der Waals surface area contributed by atoms with Gasteiger partial charge in [-0.25, -0.2) is 0 Å². The van der Waals surface area contributed by atoms with Crippen LogP contribution >= 0.6 is 0 Å². The fourth-order valence-electron chi connectivity index (χ4n) is 4.55. The van der Waals surface area contributed by atoms with Crippen molar-refractivity contribution in [2.45, 2.75) is 24.7 Å². The van der Waals surface area contributed by atoms with Gasteiger partial charge in [0.15, 0.2) is 0 Å². The molecule has 0 aromatic heterocycles. The molecule has 348 valence electrons. The fraction of sp³-hybridized carbons (Fsp3) is 0.143. The third kappa shape index (κ3) is 8.72. The van der Waals surface area contributed by atoms with Gasteiger partial charge < -0.3 is 0 Å². The van der Waals surface area contributed by atoms with Crippen LogP contribution in [0.3, 0.4) is 0 Å². The average Bonchev–Trinajstić information content (AvgIpc) is 3.06. The summed E-state index contributed by atoms with van der Waals surface area (Å²) in [6.07, 6.45) is -24.8. The van der Waals surface area contributed by atoms with E-state index in [4.69, 9.17) is 0 Å². The van der Waals surface area contributed by atoms with Gasteiger partial charge in [-0.3, -0.25) is 0 Å². The Morgan fingerprint density at radius 2 is 0.290 bits per heavy atom. The van der Waals surface area contributed by atoms with Gasteiger partial charge >= 0.3 is 328 Å². The molecule has 0 amide bonds. The van der Waals surface area contributed by atoms with Crippen LogP contribution in [0.1, 0.15) is 22.3 Å². The summed E-state index contributed by atoms with van der Waals surface area (Å²) in [5, 5.41) is 0. The Balaban J connectivity index is 0.000000330. The summed E-state index contributed by atoms with van der Waals surface area (Å²) in [6, 6.07) is 0. The molecule has 0 heterocycles. The predicted molar refractivity (Wildman–Crippen MR) is 140 cm³/mol. The van der Waals surface area contributed by atoms with Crippen LogP contribution in [0.5, 0.6) is 0 Å². The molecule has 0 aliphatic rings. The van der Waals surface area contributed by atoms with Crippen molar-refractivity contribution in [2.24, 2.45) is 0 Å². The van der Waals surface area contributed by atoms with Crippen LogP contribution in [-0.4, -0.2) is 38.6 Å². The van der Waals surface area contributed by atoms with Gasteiger partial charge in [0, 0.05) is 0 Å². The van der Waals surface area contributed by atoms with Gasteiger partial charge in [-0.15, -0.1) is 0 Å². The summed E-state index contributed by atoms with van der Waals surface area (Å²) in [4.78, 5) is 0. The van der Waals surface area contributed by atoms with Crippen LogP contribution in [0.2, 0.25) is 0 Å². The van der Waals surface area contributed by atoms with Crippen molar-refractivity contribution in [1.29, 1.82) is 0 Å². The summed E-state index contributed by atoms with van der Waals surface area (Å²) >= 11 is -17.6. The number of hydrogen-bond acceptors (Lipinski definition) is 0. The van der Waals surface area contributed by atoms with Gasteiger partial charge in [0.25, 0.3) is 0 Å². The normalized spacial score (nSPS) is 13.7. The molecule has 0 N–H and O–H groups in total. The fourth-order valence-corrected chi connectivity index (χ4v) is 12.9. The van der Waals surface area contributed by atoms with Gasteiger partial charge in [-0.05, 0) is 0 Å². The van der Waals surface area contributed by atoms with E-state index >= 15 is 0 Å². The number of halogens is 32. The summed E-state index contributed by atoms with van der Waals surface area (Å²) in [7, 11) is 0. The molecule has 0 bridgehead atoms. The van der Waals surface area contributed by atoms with E-state index in [1.807, 2.05) is 0 Å². The zero-order valence-corrected chi connectivity index (χ0v) is 31.6. The SMILES string of the molecule is Fc1c(F)c([Te](F)(F)c2c(F)c(F)c(C(F)(F)F)c(F)c2F)c(F)c(F)c1C(F)(F)F.Fc1c(F)c([Te](F)(F)c2c(F)c(F)c(C(F)(F)F)c(F)c2F)c(F)c(F)c1C(F)(F)F. The summed E-state index contributed by atoms with van der Waals surface area (Å²) < 4.78 is 414. The first-order chi connectivity index (χ1) is 27.5. The molecule has 0 nitrogen and oxygen atoms in total. The standard InChI is InChI=1S/2C14F16Te/c2*15-3-1(13(23,24)25)4(16)8(20)11(7(3)19)31(29,30)12-9(21)5(17)2(14(26,27)28)6(18)10(12)22. The van der Waals surface area contributed by atoms with Crippen molar-refractivity contribution >= 4 is 53.1 Å². The van der Waals surface area contributed by atoms with E-state index in [0.29, 0.717) is 0 Å². The zero-order chi connectivity index (χ0) is 48.9. The first-order valence-corrected chi connectivity index (χ1v) is 21.9. The molecule has 0 unspecified atom stereocenters. The van der Waals surface area contributed by atoms with Crippen LogP contribution in [0, 0.1) is 93.1 Å². The predicted octanol–water partition coefficient (Wildman–Crippen LogP) is 10.7. The van der Waals surface area contributed by atoms with Gasteiger partial charge in [0.1, 0.15) is 0 Å². The van der Waals surface area contributed by atoms with E-state index < -0.39 is 193 Å². The van der Waals surface area contributed by atoms with Gasteiger partial charge in [0.05, 0.1) is 0 Å². The van der Waals surface area contributed by atoms with E-state index in [2.05, 4.69) is 0 Å². The Morgan fingerprint density at radius 1 is 0.194 bits per heavy atom. The van der Waals surface area contributed by atoms with Crippen molar-refractivity contribution in [1.82, 2.24) is 0 Å². The Bertz CT molecular complexity index is 2020. The van der Waals surface area contributed by atoms with E-state index in [0.717, 1.165) is 0 Å². The monoisotopic (exact) mass is 1200 g/mol. The molecule has 4 aromatic carbocycles. The first kappa shape index (κ1) is 52.6. The van der Waals surface area contributed by atoms with Gasteiger partial charge in [-0.1, -0.05) is 0 Å². The second-order valence-corrected chi connectivity index (χ2v) is 20.8. The molecule has 0 aliphatic carbocycles. The summed E-state index contributed by atoms with van der Waals surface area (Å²) in [5.74, 6) is -55.9. The van der Waals surface area contributed by atoms with Gasteiger partial charge in [-0.2, -0.15) is 0 Å². The van der Waals surface area contributed by atoms with Crippen molar-refractivity contribution < 1.29 is 134 Å². The maximum atomic E-state index is 14.5. The Hall–Kier alpha value is -3.78. The molecule has 4 aromatic rings.